The van der Waals surface area contributed by atoms with Crippen LogP contribution in [0.1, 0.15) is 26.7 Å². The van der Waals surface area contributed by atoms with Gasteiger partial charge in [-0.3, -0.25) is 14.4 Å². The Labute approximate surface area is 82.6 Å². The minimum Gasteiger partial charge on any atom is -0.468 e. The van der Waals surface area contributed by atoms with Crippen LogP contribution in [0.3, 0.4) is 0 Å². The summed E-state index contributed by atoms with van der Waals surface area (Å²) in [6, 6.07) is 0. The molecule has 1 fully saturated rings. The first-order valence-corrected chi connectivity index (χ1v) is 4.56. The summed E-state index contributed by atoms with van der Waals surface area (Å²) in [7, 11) is 1.23. The molecule has 0 N–H and O–H groups in total. The van der Waals surface area contributed by atoms with E-state index in [1.54, 1.807) is 6.92 Å². The second-order valence-corrected chi connectivity index (χ2v) is 4.01. The van der Waals surface area contributed by atoms with Crippen LogP contribution in [-0.2, 0) is 19.1 Å². The molecule has 0 aromatic rings. The molecule has 0 amide bonds. The smallest absolute Gasteiger partial charge is 0.319 e. The molecule has 78 valence electrons. The van der Waals surface area contributed by atoms with Crippen molar-refractivity contribution in [1.29, 1.82) is 0 Å². The van der Waals surface area contributed by atoms with E-state index in [2.05, 4.69) is 4.74 Å². The molecule has 14 heavy (non-hydrogen) atoms. The molecule has 0 radical (unpaired) electrons. The Morgan fingerprint density at radius 3 is 2.57 bits per heavy atom. The van der Waals surface area contributed by atoms with Crippen LogP contribution < -0.4 is 0 Å². The zero-order chi connectivity index (χ0) is 10.9. The van der Waals surface area contributed by atoms with Gasteiger partial charge in [0.1, 0.15) is 11.2 Å². The van der Waals surface area contributed by atoms with E-state index in [1.165, 1.54) is 14.0 Å². The summed E-state index contributed by atoms with van der Waals surface area (Å²) in [5, 5.41) is 0. The van der Waals surface area contributed by atoms with Crippen molar-refractivity contribution >= 4 is 17.5 Å². The summed E-state index contributed by atoms with van der Waals surface area (Å²) in [5.74, 6) is -1.23. The Kier molecular flexibility index (Phi) is 2.73. The predicted octanol–water partition coefficient (Wildman–Crippen LogP) is 0.734. The van der Waals surface area contributed by atoms with Crippen molar-refractivity contribution in [2.75, 3.05) is 7.11 Å². The van der Waals surface area contributed by atoms with E-state index in [9.17, 15) is 14.4 Å². The fourth-order valence-electron chi connectivity index (χ4n) is 1.93. The predicted molar refractivity (Wildman–Crippen MR) is 48.5 cm³/mol. The fraction of sp³-hybridized carbons (Fsp3) is 0.700. The third-order valence-corrected chi connectivity index (χ3v) is 2.71. The molecule has 0 unspecified atom stereocenters. The van der Waals surface area contributed by atoms with Gasteiger partial charge in [0, 0.05) is 18.8 Å². The van der Waals surface area contributed by atoms with Gasteiger partial charge in [-0.25, -0.2) is 0 Å². The number of hydrogen-bond acceptors (Lipinski definition) is 4. The van der Waals surface area contributed by atoms with Crippen LogP contribution >= 0.6 is 0 Å². The third-order valence-electron chi connectivity index (χ3n) is 2.71. The number of carbonyl (C=O) groups is 3. The Morgan fingerprint density at radius 1 is 1.50 bits per heavy atom. The molecule has 0 aromatic carbocycles. The van der Waals surface area contributed by atoms with Crippen molar-refractivity contribution in [1.82, 2.24) is 0 Å². The number of esters is 1. The molecular formula is C10H14O4. The van der Waals surface area contributed by atoms with Crippen molar-refractivity contribution in [3.8, 4) is 0 Å². The summed E-state index contributed by atoms with van der Waals surface area (Å²) in [4.78, 5) is 34.4. The molecular weight excluding hydrogens is 184 g/mol. The molecule has 1 aliphatic rings. The molecule has 0 saturated heterocycles. The minimum atomic E-state index is -1.26. The van der Waals surface area contributed by atoms with Gasteiger partial charge in [0.05, 0.1) is 7.11 Å². The maximum absolute atomic E-state index is 11.7. The molecule has 1 aliphatic carbocycles. The van der Waals surface area contributed by atoms with Gasteiger partial charge < -0.3 is 4.74 Å². The average molecular weight is 198 g/mol. The van der Waals surface area contributed by atoms with Crippen LogP contribution in [0, 0.1) is 11.3 Å². The quantitative estimate of drug-likeness (QED) is 0.460. The summed E-state index contributed by atoms with van der Waals surface area (Å²) in [6.07, 6.45) is 0.217. The summed E-state index contributed by atoms with van der Waals surface area (Å²) >= 11 is 0. The molecule has 1 rings (SSSR count). The van der Waals surface area contributed by atoms with Crippen LogP contribution in [0.15, 0.2) is 0 Å². The highest BCUT2D eigenvalue weighted by molar-refractivity contribution is 6.10. The number of ketones is 2. The van der Waals surface area contributed by atoms with Crippen molar-refractivity contribution in [2.24, 2.45) is 11.3 Å². The van der Waals surface area contributed by atoms with Gasteiger partial charge in [-0.15, -0.1) is 0 Å². The molecule has 0 bridgehead atoms. The lowest BCUT2D eigenvalue weighted by Crippen LogP contribution is -2.46. The van der Waals surface area contributed by atoms with E-state index in [1.807, 2.05) is 0 Å². The second kappa shape index (κ2) is 3.52. The van der Waals surface area contributed by atoms with Crippen LogP contribution in [0.25, 0.3) is 0 Å². The molecule has 0 heterocycles. The minimum absolute atomic E-state index is 0.0250. The first-order chi connectivity index (χ1) is 6.41. The zero-order valence-electron chi connectivity index (χ0n) is 8.62. The second-order valence-electron chi connectivity index (χ2n) is 4.01. The highest BCUT2D eigenvalue weighted by atomic mass is 16.5. The van der Waals surface area contributed by atoms with Gasteiger partial charge in [0.25, 0.3) is 0 Å². The maximum atomic E-state index is 11.7. The molecule has 1 saturated carbocycles. The highest BCUT2D eigenvalue weighted by Crippen LogP contribution is 2.34. The van der Waals surface area contributed by atoms with E-state index in [0.29, 0.717) is 0 Å². The van der Waals surface area contributed by atoms with Crippen molar-refractivity contribution < 1.29 is 19.1 Å². The van der Waals surface area contributed by atoms with Gasteiger partial charge in [-0.1, -0.05) is 6.92 Å². The zero-order valence-corrected chi connectivity index (χ0v) is 8.62. The molecule has 0 aromatic heterocycles. The molecule has 0 spiro atoms. The summed E-state index contributed by atoms with van der Waals surface area (Å²) < 4.78 is 4.55. The lowest BCUT2D eigenvalue weighted by atomic mass is 9.70. The van der Waals surface area contributed by atoms with Gasteiger partial charge in [-0.05, 0) is 6.92 Å². The lowest BCUT2D eigenvalue weighted by Gasteiger charge is -2.31. The van der Waals surface area contributed by atoms with Crippen LogP contribution in [-0.4, -0.2) is 24.6 Å². The van der Waals surface area contributed by atoms with Crippen LogP contribution in [0.2, 0.25) is 0 Å². The number of Topliss-reactive ketones (excluding diaryl/α,β-unsaturated/α-hetero) is 2. The SMILES string of the molecule is COC(=O)[C@]1(C)CC(=O)C[C@@H](C)C1=O. The standard InChI is InChI=1S/C10H14O4/c1-6-4-7(11)5-10(2,8(6)12)9(13)14-3/h6H,4-5H2,1-3H3/t6-,10-/m1/s1. The largest absolute Gasteiger partial charge is 0.468 e. The van der Waals surface area contributed by atoms with E-state index in [4.69, 9.17) is 0 Å². The van der Waals surface area contributed by atoms with Crippen molar-refractivity contribution in [3.05, 3.63) is 0 Å². The van der Waals surface area contributed by atoms with E-state index < -0.39 is 11.4 Å². The van der Waals surface area contributed by atoms with Gasteiger partial charge in [-0.2, -0.15) is 0 Å². The number of carbonyl (C=O) groups excluding carboxylic acids is 3. The molecule has 4 heteroatoms. The maximum Gasteiger partial charge on any atom is 0.319 e. The normalized spacial score (nSPS) is 32.9. The number of hydrogen-bond donors (Lipinski definition) is 0. The van der Waals surface area contributed by atoms with Crippen LogP contribution in [0.4, 0.5) is 0 Å². The number of ether oxygens (including phenoxy) is 1. The average Bonchev–Trinajstić information content (AvgIpc) is 2.12. The molecule has 4 nitrogen and oxygen atoms in total. The Hall–Kier alpha value is -1.19. The molecule has 0 aliphatic heterocycles. The van der Waals surface area contributed by atoms with Gasteiger partial charge in [0.2, 0.25) is 0 Å². The number of rotatable bonds is 1. The third kappa shape index (κ3) is 1.56. The fourth-order valence-corrected chi connectivity index (χ4v) is 1.93. The Bertz CT molecular complexity index is 294. The van der Waals surface area contributed by atoms with E-state index in [0.717, 1.165) is 0 Å². The Morgan fingerprint density at radius 2 is 2.07 bits per heavy atom. The summed E-state index contributed by atoms with van der Waals surface area (Å²) in [5.41, 5.74) is -1.26. The molecule has 2 atom stereocenters. The summed E-state index contributed by atoms with van der Waals surface area (Å²) in [6.45, 7) is 3.15. The van der Waals surface area contributed by atoms with Gasteiger partial charge >= 0.3 is 5.97 Å². The van der Waals surface area contributed by atoms with Crippen molar-refractivity contribution in [3.63, 3.8) is 0 Å². The lowest BCUT2D eigenvalue weighted by molar-refractivity contribution is -0.163. The van der Waals surface area contributed by atoms with Crippen LogP contribution in [0.5, 0.6) is 0 Å². The topological polar surface area (TPSA) is 60.4 Å². The number of methoxy groups -OCH3 is 1. The Balaban J connectivity index is 3.00. The highest BCUT2D eigenvalue weighted by Gasteiger charge is 2.49. The first kappa shape index (κ1) is 10.9. The monoisotopic (exact) mass is 198 g/mol. The van der Waals surface area contributed by atoms with Crippen molar-refractivity contribution in [2.45, 2.75) is 26.7 Å². The van der Waals surface area contributed by atoms with E-state index >= 15 is 0 Å². The van der Waals surface area contributed by atoms with E-state index in [-0.39, 0.29) is 30.3 Å². The first-order valence-electron chi connectivity index (χ1n) is 4.56. The van der Waals surface area contributed by atoms with Gasteiger partial charge in [0.15, 0.2) is 5.78 Å².